The number of nitrogens with two attached hydrogens (primary N) is 1. The van der Waals surface area contributed by atoms with Crippen molar-refractivity contribution in [3.05, 3.63) is 5.69 Å². The van der Waals surface area contributed by atoms with E-state index in [1.807, 2.05) is 13.8 Å². The minimum Gasteiger partial charge on any atom is -0.382 e. The van der Waals surface area contributed by atoms with Gasteiger partial charge in [0.1, 0.15) is 17.2 Å². The van der Waals surface area contributed by atoms with E-state index in [4.69, 9.17) is 11.1 Å². The number of aliphatic imine (C=N–C) groups is 1. The number of rotatable bonds is 1. The van der Waals surface area contributed by atoms with Crippen molar-refractivity contribution >= 4 is 28.8 Å². The molecule has 2 heterocycles. The van der Waals surface area contributed by atoms with Crippen LogP contribution in [0.2, 0.25) is 0 Å². The number of anilines is 1. The smallest absolute Gasteiger partial charge is 0.169 e. The molecule has 0 saturated carbocycles. The summed E-state index contributed by atoms with van der Waals surface area (Å²) < 4.78 is 1.57. The lowest BCUT2D eigenvalue weighted by Gasteiger charge is -2.04. The average Bonchev–Trinajstić information content (AvgIpc) is 2.62. The van der Waals surface area contributed by atoms with Crippen LogP contribution in [0.1, 0.15) is 12.6 Å². The number of amidine groups is 1. The van der Waals surface area contributed by atoms with Crippen molar-refractivity contribution in [2.24, 2.45) is 17.1 Å². The zero-order valence-corrected chi connectivity index (χ0v) is 10.3. The van der Waals surface area contributed by atoms with E-state index in [0.717, 1.165) is 5.69 Å². The Labute approximate surface area is 99.1 Å². The predicted molar refractivity (Wildman–Crippen MR) is 68.1 cm³/mol. The highest BCUT2D eigenvalue weighted by Gasteiger charge is 2.23. The summed E-state index contributed by atoms with van der Waals surface area (Å²) in [7, 11) is 3.48. The third-order valence-corrected chi connectivity index (χ3v) is 2.65. The SMILES string of the molecule is CC1=NN(C)C(=N)C1=Nc1c(C)nn(C)c1N. The number of hydrazone groups is 1. The van der Waals surface area contributed by atoms with Crippen molar-refractivity contribution in [1.82, 2.24) is 14.8 Å². The highest BCUT2D eigenvalue weighted by molar-refractivity contribution is 6.69. The molecule has 1 aromatic rings. The Morgan fingerprint density at radius 1 is 1.29 bits per heavy atom. The van der Waals surface area contributed by atoms with E-state index in [-0.39, 0.29) is 5.84 Å². The number of nitrogens with zero attached hydrogens (tertiary/aromatic N) is 5. The van der Waals surface area contributed by atoms with Crippen LogP contribution in [0.5, 0.6) is 0 Å². The van der Waals surface area contributed by atoms with E-state index in [1.54, 1.807) is 18.8 Å². The summed E-state index contributed by atoms with van der Waals surface area (Å²) in [4.78, 5) is 4.40. The first-order chi connectivity index (χ1) is 7.91. The van der Waals surface area contributed by atoms with Gasteiger partial charge in [0.15, 0.2) is 5.84 Å². The third kappa shape index (κ3) is 1.69. The summed E-state index contributed by atoms with van der Waals surface area (Å²) >= 11 is 0. The maximum absolute atomic E-state index is 7.85. The molecule has 0 bridgehead atoms. The van der Waals surface area contributed by atoms with Crippen LogP contribution in [0.4, 0.5) is 11.5 Å². The predicted octanol–water partition coefficient (Wildman–Crippen LogP) is 0.682. The van der Waals surface area contributed by atoms with Gasteiger partial charge in [0.05, 0.1) is 11.4 Å². The fourth-order valence-electron chi connectivity index (χ4n) is 1.70. The van der Waals surface area contributed by atoms with Gasteiger partial charge in [-0.05, 0) is 13.8 Å². The van der Waals surface area contributed by atoms with E-state index >= 15 is 0 Å². The summed E-state index contributed by atoms with van der Waals surface area (Å²) in [5.74, 6) is 0.760. The molecule has 2 rings (SSSR count). The molecule has 0 radical (unpaired) electrons. The van der Waals surface area contributed by atoms with E-state index < -0.39 is 0 Å². The summed E-state index contributed by atoms with van der Waals surface area (Å²) in [6, 6.07) is 0. The number of aromatic nitrogens is 2. The zero-order chi connectivity index (χ0) is 12.7. The normalized spacial score (nSPS) is 18.1. The Morgan fingerprint density at radius 3 is 2.35 bits per heavy atom. The first-order valence-electron chi connectivity index (χ1n) is 5.17. The van der Waals surface area contributed by atoms with Crippen LogP contribution in [-0.4, -0.2) is 39.1 Å². The van der Waals surface area contributed by atoms with Crippen molar-refractivity contribution in [3.63, 3.8) is 0 Å². The van der Waals surface area contributed by atoms with E-state index in [0.29, 0.717) is 22.9 Å². The molecule has 0 atom stereocenters. The number of hydrogen-bond acceptors (Lipinski definition) is 5. The Kier molecular flexibility index (Phi) is 2.45. The molecule has 0 aromatic carbocycles. The van der Waals surface area contributed by atoms with Crippen LogP contribution in [0.3, 0.4) is 0 Å². The minimum absolute atomic E-state index is 0.269. The Morgan fingerprint density at radius 2 is 1.94 bits per heavy atom. The van der Waals surface area contributed by atoms with Crippen molar-refractivity contribution in [3.8, 4) is 0 Å². The number of nitrogens with one attached hydrogen (secondary N) is 1. The summed E-state index contributed by atoms with van der Waals surface area (Å²) in [6.45, 7) is 3.66. The van der Waals surface area contributed by atoms with Gasteiger partial charge in [0.2, 0.25) is 0 Å². The van der Waals surface area contributed by atoms with Crippen LogP contribution in [-0.2, 0) is 7.05 Å². The molecular formula is C10H15N7. The maximum Gasteiger partial charge on any atom is 0.169 e. The second-order valence-electron chi connectivity index (χ2n) is 3.96. The Bertz CT molecular complexity index is 549. The molecule has 17 heavy (non-hydrogen) atoms. The van der Waals surface area contributed by atoms with Crippen LogP contribution < -0.4 is 5.73 Å². The average molecular weight is 233 g/mol. The fourth-order valence-corrected chi connectivity index (χ4v) is 1.70. The van der Waals surface area contributed by atoms with Crippen molar-refractivity contribution < 1.29 is 0 Å². The van der Waals surface area contributed by atoms with E-state index in [9.17, 15) is 0 Å². The number of nitrogen functional groups attached to an aromatic ring is 1. The van der Waals surface area contributed by atoms with Crippen molar-refractivity contribution in [1.29, 1.82) is 5.41 Å². The molecule has 0 amide bonds. The van der Waals surface area contributed by atoms with E-state index in [1.165, 1.54) is 5.01 Å². The van der Waals surface area contributed by atoms with E-state index in [2.05, 4.69) is 15.2 Å². The second kappa shape index (κ2) is 3.69. The summed E-state index contributed by atoms with van der Waals surface area (Å²) in [5, 5.41) is 17.7. The number of hydrogen-bond donors (Lipinski definition) is 2. The molecule has 90 valence electrons. The first kappa shape index (κ1) is 11.3. The van der Waals surface area contributed by atoms with Crippen LogP contribution in [0.15, 0.2) is 10.1 Å². The summed E-state index contributed by atoms with van der Waals surface area (Å²) in [5.41, 5.74) is 8.47. The second-order valence-corrected chi connectivity index (χ2v) is 3.96. The molecule has 0 fully saturated rings. The quantitative estimate of drug-likeness (QED) is 0.746. The molecule has 0 saturated heterocycles. The van der Waals surface area contributed by atoms with Crippen LogP contribution in [0, 0.1) is 12.3 Å². The van der Waals surface area contributed by atoms with Gasteiger partial charge in [-0.15, -0.1) is 0 Å². The lowest BCUT2D eigenvalue weighted by molar-refractivity contribution is 0.557. The van der Waals surface area contributed by atoms with Gasteiger partial charge in [-0.1, -0.05) is 0 Å². The molecular weight excluding hydrogens is 218 g/mol. The van der Waals surface area contributed by atoms with Gasteiger partial charge in [-0.2, -0.15) is 10.2 Å². The molecule has 0 unspecified atom stereocenters. The van der Waals surface area contributed by atoms with Crippen molar-refractivity contribution in [2.75, 3.05) is 12.8 Å². The van der Waals surface area contributed by atoms with Gasteiger partial charge in [0.25, 0.3) is 0 Å². The lowest BCUT2D eigenvalue weighted by atomic mass is 10.2. The van der Waals surface area contributed by atoms with Crippen LogP contribution >= 0.6 is 0 Å². The fraction of sp³-hybridized carbons (Fsp3) is 0.400. The van der Waals surface area contributed by atoms with Gasteiger partial charge in [-0.25, -0.2) is 10.0 Å². The molecule has 0 spiro atoms. The van der Waals surface area contributed by atoms with Gasteiger partial charge in [-0.3, -0.25) is 10.1 Å². The molecule has 1 aliphatic heterocycles. The van der Waals surface area contributed by atoms with Gasteiger partial charge < -0.3 is 5.73 Å². The lowest BCUT2D eigenvalue weighted by Crippen LogP contribution is -2.23. The molecule has 3 N–H and O–H groups in total. The number of aryl methyl sites for hydroxylation is 2. The minimum atomic E-state index is 0.269. The summed E-state index contributed by atoms with van der Waals surface area (Å²) in [6.07, 6.45) is 0. The topological polar surface area (TPSA) is 95.6 Å². The van der Waals surface area contributed by atoms with Crippen molar-refractivity contribution in [2.45, 2.75) is 13.8 Å². The zero-order valence-electron chi connectivity index (χ0n) is 10.3. The molecule has 0 aliphatic carbocycles. The van der Waals surface area contributed by atoms with Crippen LogP contribution in [0.25, 0.3) is 0 Å². The molecule has 1 aliphatic rings. The highest BCUT2D eigenvalue weighted by atomic mass is 15.5. The largest absolute Gasteiger partial charge is 0.382 e. The molecule has 1 aromatic heterocycles. The Hall–Kier alpha value is -2.18. The highest BCUT2D eigenvalue weighted by Crippen LogP contribution is 2.26. The van der Waals surface area contributed by atoms with Gasteiger partial charge >= 0.3 is 0 Å². The first-order valence-corrected chi connectivity index (χ1v) is 5.17. The standard InChI is InChI=1S/C10H15N7/c1-5-7(9(11)16(3)14-5)13-8-6(2)15-17(4)10(8)12/h11H,12H2,1-4H3. The van der Waals surface area contributed by atoms with Gasteiger partial charge in [0, 0.05) is 14.1 Å². The Balaban J connectivity index is 2.51. The third-order valence-electron chi connectivity index (χ3n) is 2.65. The molecule has 7 nitrogen and oxygen atoms in total. The maximum atomic E-state index is 7.85. The molecule has 7 heteroatoms. The monoisotopic (exact) mass is 233 g/mol.